The average Bonchev–Trinajstić information content (AvgIpc) is 2.33. The molecule has 0 aromatic heterocycles. The van der Waals surface area contributed by atoms with E-state index >= 15 is 0 Å². The summed E-state index contributed by atoms with van der Waals surface area (Å²) in [6.07, 6.45) is 6.96. The molecule has 0 aromatic carbocycles. The van der Waals surface area contributed by atoms with Gasteiger partial charge >= 0.3 is 0 Å². The second kappa shape index (κ2) is 8.16. The van der Waals surface area contributed by atoms with Gasteiger partial charge in [-0.15, -0.1) is 0 Å². The quantitative estimate of drug-likeness (QED) is 0.746. The van der Waals surface area contributed by atoms with Crippen LogP contribution in [0, 0.1) is 5.92 Å². The molecule has 1 aliphatic carbocycles. The fraction of sp³-hybridized carbons (Fsp3) is 1.00. The van der Waals surface area contributed by atoms with Crippen LogP contribution in [0.5, 0.6) is 0 Å². The normalized spacial score (nSPS) is 29.2. The van der Waals surface area contributed by atoms with Crippen LogP contribution in [-0.2, 0) is 0 Å². The molecule has 1 aliphatic rings. The molecule has 0 saturated heterocycles. The molecule has 3 unspecified atom stereocenters. The van der Waals surface area contributed by atoms with E-state index in [4.69, 9.17) is 0 Å². The van der Waals surface area contributed by atoms with E-state index in [1.54, 1.807) is 0 Å². The lowest BCUT2D eigenvalue weighted by Crippen LogP contribution is -2.55. The molecule has 0 amide bonds. The van der Waals surface area contributed by atoms with Gasteiger partial charge in [0.15, 0.2) is 0 Å². The van der Waals surface area contributed by atoms with Crippen LogP contribution in [0.15, 0.2) is 0 Å². The third kappa shape index (κ3) is 4.24. The van der Waals surface area contributed by atoms with Gasteiger partial charge in [-0.05, 0) is 52.1 Å². The van der Waals surface area contributed by atoms with Gasteiger partial charge in [-0.25, -0.2) is 0 Å². The minimum atomic E-state index is 0.668. The van der Waals surface area contributed by atoms with Crippen molar-refractivity contribution >= 4 is 0 Å². The molecule has 0 bridgehead atoms. The van der Waals surface area contributed by atoms with E-state index in [2.05, 4.69) is 44.8 Å². The molecule has 0 heterocycles. The van der Waals surface area contributed by atoms with E-state index in [1.165, 1.54) is 38.6 Å². The van der Waals surface area contributed by atoms with Gasteiger partial charge < -0.3 is 5.32 Å². The van der Waals surface area contributed by atoms with Crippen molar-refractivity contribution in [1.29, 1.82) is 0 Å². The first-order valence-electron chi connectivity index (χ1n) is 8.13. The third-order valence-corrected chi connectivity index (χ3v) is 4.54. The van der Waals surface area contributed by atoms with E-state index < -0.39 is 0 Å². The Bertz CT molecular complexity index is 215. The van der Waals surface area contributed by atoms with E-state index in [9.17, 15) is 0 Å². The van der Waals surface area contributed by atoms with Crippen molar-refractivity contribution in [1.82, 2.24) is 10.2 Å². The number of nitrogens with zero attached hydrogens (tertiary/aromatic N) is 1. The molecule has 18 heavy (non-hydrogen) atoms. The second-order valence-electron chi connectivity index (χ2n) is 6.12. The van der Waals surface area contributed by atoms with Crippen molar-refractivity contribution in [3.05, 3.63) is 0 Å². The molecule has 108 valence electrons. The highest BCUT2D eigenvalue weighted by Gasteiger charge is 2.33. The lowest BCUT2D eigenvalue weighted by atomic mass is 9.79. The smallest absolute Gasteiger partial charge is 0.0254 e. The molecule has 2 heteroatoms. The summed E-state index contributed by atoms with van der Waals surface area (Å²) in [5, 5.41) is 3.73. The van der Waals surface area contributed by atoms with Gasteiger partial charge in [0, 0.05) is 18.1 Å². The Morgan fingerprint density at radius 2 is 1.89 bits per heavy atom. The molecule has 0 aliphatic heterocycles. The van der Waals surface area contributed by atoms with Crippen molar-refractivity contribution in [3.8, 4) is 0 Å². The zero-order valence-corrected chi connectivity index (χ0v) is 13.2. The molecule has 1 saturated carbocycles. The SMILES string of the molecule is CCCC1CCC(NCC)C(N(CC)C(C)C)C1. The van der Waals surface area contributed by atoms with Crippen molar-refractivity contribution in [2.45, 2.75) is 84.8 Å². The predicted octanol–water partition coefficient (Wildman–Crippen LogP) is 3.66. The fourth-order valence-corrected chi connectivity index (χ4v) is 3.75. The molecule has 3 atom stereocenters. The zero-order valence-electron chi connectivity index (χ0n) is 13.2. The first-order valence-corrected chi connectivity index (χ1v) is 8.13. The lowest BCUT2D eigenvalue weighted by Gasteiger charge is -2.44. The average molecular weight is 254 g/mol. The number of rotatable bonds is 7. The lowest BCUT2D eigenvalue weighted by molar-refractivity contribution is 0.0744. The van der Waals surface area contributed by atoms with Gasteiger partial charge in [0.1, 0.15) is 0 Å². The van der Waals surface area contributed by atoms with E-state index in [1.807, 2.05) is 0 Å². The summed E-state index contributed by atoms with van der Waals surface area (Å²) in [7, 11) is 0. The van der Waals surface area contributed by atoms with Gasteiger partial charge in [-0.3, -0.25) is 4.90 Å². The second-order valence-corrected chi connectivity index (χ2v) is 6.12. The number of nitrogens with one attached hydrogen (secondary N) is 1. The Balaban J connectivity index is 2.69. The maximum atomic E-state index is 3.73. The largest absolute Gasteiger partial charge is 0.313 e. The topological polar surface area (TPSA) is 15.3 Å². The number of likely N-dealkylation sites (N-methyl/N-ethyl adjacent to an activating group) is 2. The van der Waals surface area contributed by atoms with E-state index in [0.717, 1.165) is 18.5 Å². The Kier molecular flexibility index (Phi) is 7.25. The maximum absolute atomic E-state index is 3.73. The van der Waals surface area contributed by atoms with Gasteiger partial charge in [-0.1, -0.05) is 33.6 Å². The summed E-state index contributed by atoms with van der Waals surface area (Å²) in [5.74, 6) is 0.961. The van der Waals surface area contributed by atoms with Crippen LogP contribution >= 0.6 is 0 Å². The van der Waals surface area contributed by atoms with Crippen LogP contribution in [0.4, 0.5) is 0 Å². The minimum Gasteiger partial charge on any atom is -0.313 e. The Hall–Kier alpha value is -0.0800. The molecular weight excluding hydrogens is 220 g/mol. The molecule has 1 rings (SSSR count). The Labute approximate surface area is 115 Å². The van der Waals surface area contributed by atoms with Crippen molar-refractivity contribution < 1.29 is 0 Å². The van der Waals surface area contributed by atoms with Crippen LogP contribution in [0.25, 0.3) is 0 Å². The summed E-state index contributed by atoms with van der Waals surface area (Å²) in [4.78, 5) is 2.70. The summed E-state index contributed by atoms with van der Waals surface area (Å²) < 4.78 is 0. The van der Waals surface area contributed by atoms with Crippen LogP contribution in [-0.4, -0.2) is 36.1 Å². The van der Waals surface area contributed by atoms with Gasteiger partial charge in [0.2, 0.25) is 0 Å². The van der Waals surface area contributed by atoms with Crippen molar-refractivity contribution in [2.24, 2.45) is 5.92 Å². The highest BCUT2D eigenvalue weighted by atomic mass is 15.2. The monoisotopic (exact) mass is 254 g/mol. The Morgan fingerprint density at radius 1 is 1.17 bits per heavy atom. The molecule has 1 N–H and O–H groups in total. The predicted molar refractivity (Wildman–Crippen MR) is 81.0 cm³/mol. The first-order chi connectivity index (χ1) is 8.63. The zero-order chi connectivity index (χ0) is 13.5. The maximum Gasteiger partial charge on any atom is 0.0254 e. The van der Waals surface area contributed by atoms with Gasteiger partial charge in [0.05, 0.1) is 0 Å². The van der Waals surface area contributed by atoms with Gasteiger partial charge in [0.25, 0.3) is 0 Å². The standard InChI is InChI=1S/C16H34N2/c1-6-9-14-10-11-15(17-7-2)16(12-14)18(8-3)13(4)5/h13-17H,6-12H2,1-5H3. The molecule has 1 fully saturated rings. The highest BCUT2D eigenvalue weighted by Crippen LogP contribution is 2.31. The minimum absolute atomic E-state index is 0.668. The van der Waals surface area contributed by atoms with Crippen molar-refractivity contribution in [3.63, 3.8) is 0 Å². The van der Waals surface area contributed by atoms with Crippen LogP contribution in [0.2, 0.25) is 0 Å². The van der Waals surface area contributed by atoms with Crippen molar-refractivity contribution in [2.75, 3.05) is 13.1 Å². The van der Waals surface area contributed by atoms with E-state index in [0.29, 0.717) is 12.1 Å². The Morgan fingerprint density at radius 3 is 2.39 bits per heavy atom. The third-order valence-electron chi connectivity index (χ3n) is 4.54. The molecule has 0 spiro atoms. The summed E-state index contributed by atoms with van der Waals surface area (Å²) in [6.45, 7) is 13.9. The van der Waals surface area contributed by atoms with Crippen LogP contribution < -0.4 is 5.32 Å². The number of hydrogen-bond acceptors (Lipinski definition) is 2. The fourth-order valence-electron chi connectivity index (χ4n) is 3.75. The molecule has 0 aromatic rings. The summed E-state index contributed by atoms with van der Waals surface area (Å²) in [6, 6.07) is 2.13. The molecular formula is C16H34N2. The number of hydrogen-bond donors (Lipinski definition) is 1. The highest BCUT2D eigenvalue weighted by molar-refractivity contribution is 4.91. The summed E-state index contributed by atoms with van der Waals surface area (Å²) >= 11 is 0. The van der Waals surface area contributed by atoms with Gasteiger partial charge in [-0.2, -0.15) is 0 Å². The van der Waals surface area contributed by atoms with Crippen LogP contribution in [0.3, 0.4) is 0 Å². The first kappa shape index (κ1) is 16.0. The van der Waals surface area contributed by atoms with Crippen LogP contribution in [0.1, 0.15) is 66.7 Å². The molecule has 0 radical (unpaired) electrons. The molecule has 2 nitrogen and oxygen atoms in total. The van der Waals surface area contributed by atoms with E-state index in [-0.39, 0.29) is 0 Å². The summed E-state index contributed by atoms with van der Waals surface area (Å²) in [5.41, 5.74) is 0.